The highest BCUT2D eigenvalue weighted by molar-refractivity contribution is 7.99. The minimum Gasteiger partial charge on any atom is -0.388 e. The molecule has 1 aliphatic heterocycles. The minimum atomic E-state index is -0.523. The van der Waals surface area contributed by atoms with Crippen LogP contribution >= 0.6 is 23.1 Å². The van der Waals surface area contributed by atoms with E-state index in [1.807, 2.05) is 18.7 Å². The Bertz CT molecular complexity index is 326. The van der Waals surface area contributed by atoms with Crippen LogP contribution in [0.3, 0.4) is 0 Å². The van der Waals surface area contributed by atoms with Gasteiger partial charge in [0.15, 0.2) is 0 Å². The first-order chi connectivity index (χ1) is 6.60. The fourth-order valence-corrected chi connectivity index (χ4v) is 3.87. The molecule has 1 saturated heterocycles. The van der Waals surface area contributed by atoms with E-state index in [2.05, 4.69) is 17.3 Å². The molecule has 0 amide bonds. The van der Waals surface area contributed by atoms with Gasteiger partial charge in [0.2, 0.25) is 0 Å². The fourth-order valence-electron chi connectivity index (χ4n) is 1.74. The number of thiazole rings is 1. The highest BCUT2D eigenvalue weighted by Crippen LogP contribution is 2.35. The molecule has 78 valence electrons. The molecule has 1 aliphatic rings. The van der Waals surface area contributed by atoms with Crippen molar-refractivity contribution in [3.63, 3.8) is 0 Å². The first-order valence-corrected chi connectivity index (χ1v) is 6.85. The third-order valence-electron chi connectivity index (χ3n) is 2.79. The SMILES string of the molecule is Cc1nc(CC2(O)CSCC2C)cs1. The quantitative estimate of drug-likeness (QED) is 0.843. The van der Waals surface area contributed by atoms with Crippen molar-refractivity contribution < 1.29 is 5.11 Å². The molecule has 0 bridgehead atoms. The second-order valence-electron chi connectivity index (χ2n) is 4.05. The summed E-state index contributed by atoms with van der Waals surface area (Å²) in [6, 6.07) is 0. The van der Waals surface area contributed by atoms with Gasteiger partial charge in [-0.1, -0.05) is 6.92 Å². The van der Waals surface area contributed by atoms with Gasteiger partial charge in [-0.05, 0) is 18.6 Å². The zero-order chi connectivity index (χ0) is 10.2. The van der Waals surface area contributed by atoms with Crippen LogP contribution in [0.1, 0.15) is 17.6 Å². The molecule has 0 spiro atoms. The normalized spacial score (nSPS) is 32.4. The Morgan fingerprint density at radius 2 is 2.50 bits per heavy atom. The summed E-state index contributed by atoms with van der Waals surface area (Å²) in [7, 11) is 0. The van der Waals surface area contributed by atoms with E-state index in [1.54, 1.807) is 11.3 Å². The smallest absolute Gasteiger partial charge is 0.0897 e. The molecule has 1 N–H and O–H groups in total. The van der Waals surface area contributed by atoms with Gasteiger partial charge in [0.1, 0.15) is 0 Å². The monoisotopic (exact) mass is 229 g/mol. The highest BCUT2D eigenvalue weighted by atomic mass is 32.2. The molecule has 2 unspecified atom stereocenters. The van der Waals surface area contributed by atoms with Gasteiger partial charge in [0.25, 0.3) is 0 Å². The number of hydrogen-bond acceptors (Lipinski definition) is 4. The van der Waals surface area contributed by atoms with Crippen LogP contribution in [0.4, 0.5) is 0 Å². The summed E-state index contributed by atoms with van der Waals surface area (Å²) in [6.07, 6.45) is 0.714. The van der Waals surface area contributed by atoms with E-state index in [4.69, 9.17) is 0 Å². The Morgan fingerprint density at radius 3 is 3.00 bits per heavy atom. The van der Waals surface area contributed by atoms with Crippen molar-refractivity contribution >= 4 is 23.1 Å². The van der Waals surface area contributed by atoms with Gasteiger partial charge in [-0.2, -0.15) is 11.8 Å². The largest absolute Gasteiger partial charge is 0.388 e. The van der Waals surface area contributed by atoms with Crippen molar-refractivity contribution in [1.82, 2.24) is 4.98 Å². The molecule has 1 fully saturated rings. The lowest BCUT2D eigenvalue weighted by atomic mass is 9.88. The first kappa shape index (κ1) is 10.5. The number of aromatic nitrogens is 1. The maximum Gasteiger partial charge on any atom is 0.0897 e. The predicted molar refractivity (Wildman–Crippen MR) is 62.0 cm³/mol. The summed E-state index contributed by atoms with van der Waals surface area (Å²) in [6.45, 7) is 4.13. The summed E-state index contributed by atoms with van der Waals surface area (Å²) in [5.74, 6) is 2.30. The van der Waals surface area contributed by atoms with Crippen LogP contribution in [0.25, 0.3) is 0 Å². The fraction of sp³-hybridized carbons (Fsp3) is 0.700. The summed E-state index contributed by atoms with van der Waals surface area (Å²) in [5.41, 5.74) is 0.523. The Balaban J connectivity index is 2.10. The Labute approximate surface area is 92.8 Å². The Morgan fingerprint density at radius 1 is 1.71 bits per heavy atom. The summed E-state index contributed by atoms with van der Waals surface area (Å²) in [5, 5.41) is 13.5. The average molecular weight is 229 g/mol. The van der Waals surface area contributed by atoms with Crippen LogP contribution in [0.2, 0.25) is 0 Å². The molecular formula is C10H15NOS2. The zero-order valence-corrected chi connectivity index (χ0v) is 10.1. The van der Waals surface area contributed by atoms with Crippen LogP contribution in [0.15, 0.2) is 5.38 Å². The maximum atomic E-state index is 10.4. The number of thioether (sulfide) groups is 1. The Kier molecular flexibility index (Phi) is 2.86. The van der Waals surface area contributed by atoms with Crippen molar-refractivity contribution in [2.45, 2.75) is 25.9 Å². The second kappa shape index (κ2) is 3.83. The Hall–Kier alpha value is -0.0600. The molecular weight excluding hydrogens is 214 g/mol. The number of aryl methyl sites for hydroxylation is 1. The van der Waals surface area contributed by atoms with Gasteiger partial charge < -0.3 is 5.11 Å². The van der Waals surface area contributed by atoms with Gasteiger partial charge >= 0.3 is 0 Å². The molecule has 2 nitrogen and oxygen atoms in total. The van der Waals surface area contributed by atoms with Crippen molar-refractivity contribution in [3.05, 3.63) is 16.1 Å². The van der Waals surface area contributed by atoms with Crippen molar-refractivity contribution in [1.29, 1.82) is 0 Å². The van der Waals surface area contributed by atoms with Crippen molar-refractivity contribution in [2.75, 3.05) is 11.5 Å². The van der Waals surface area contributed by atoms with Gasteiger partial charge in [-0.15, -0.1) is 11.3 Å². The predicted octanol–water partition coefficient (Wildman–Crippen LogP) is 2.11. The second-order valence-corrected chi connectivity index (χ2v) is 6.15. The minimum absolute atomic E-state index is 0.384. The number of aliphatic hydroxyl groups is 1. The molecule has 0 radical (unpaired) electrons. The summed E-state index contributed by atoms with van der Waals surface area (Å²) < 4.78 is 0. The van der Waals surface area contributed by atoms with E-state index in [1.165, 1.54) is 0 Å². The number of hydrogen-bond donors (Lipinski definition) is 1. The molecule has 2 heterocycles. The third kappa shape index (κ3) is 1.97. The lowest BCUT2D eigenvalue weighted by molar-refractivity contribution is 0.0270. The van der Waals surface area contributed by atoms with Gasteiger partial charge in [-0.3, -0.25) is 0 Å². The third-order valence-corrected chi connectivity index (χ3v) is 5.05. The highest BCUT2D eigenvalue weighted by Gasteiger charge is 2.39. The van der Waals surface area contributed by atoms with Crippen LogP contribution in [0, 0.1) is 12.8 Å². The van der Waals surface area contributed by atoms with Crippen LogP contribution in [-0.2, 0) is 6.42 Å². The van der Waals surface area contributed by atoms with Crippen molar-refractivity contribution in [3.8, 4) is 0 Å². The van der Waals surface area contributed by atoms with Gasteiger partial charge in [0.05, 0.1) is 16.3 Å². The molecule has 1 aromatic rings. The van der Waals surface area contributed by atoms with Crippen LogP contribution in [0.5, 0.6) is 0 Å². The molecule has 2 rings (SSSR count). The molecule has 14 heavy (non-hydrogen) atoms. The first-order valence-electron chi connectivity index (χ1n) is 4.81. The van der Waals surface area contributed by atoms with E-state index < -0.39 is 5.60 Å². The molecule has 4 heteroatoms. The average Bonchev–Trinajstić information content (AvgIpc) is 2.62. The van der Waals surface area contributed by atoms with Crippen LogP contribution < -0.4 is 0 Å². The van der Waals surface area contributed by atoms with E-state index in [-0.39, 0.29) is 0 Å². The zero-order valence-electron chi connectivity index (χ0n) is 8.49. The molecule has 0 saturated carbocycles. The summed E-state index contributed by atoms with van der Waals surface area (Å²) >= 11 is 3.50. The standard InChI is InChI=1S/C10H15NOS2/c1-7-4-13-6-10(7,12)3-9-5-14-8(2)11-9/h5,7,12H,3-4,6H2,1-2H3. The van der Waals surface area contributed by atoms with Crippen molar-refractivity contribution in [2.24, 2.45) is 5.92 Å². The number of nitrogens with zero attached hydrogens (tertiary/aromatic N) is 1. The summed E-state index contributed by atoms with van der Waals surface area (Å²) in [4.78, 5) is 4.40. The van der Waals surface area contributed by atoms with Gasteiger partial charge in [-0.25, -0.2) is 4.98 Å². The maximum absolute atomic E-state index is 10.4. The van der Waals surface area contributed by atoms with Crippen LogP contribution in [-0.4, -0.2) is 27.2 Å². The number of rotatable bonds is 2. The topological polar surface area (TPSA) is 33.1 Å². The van der Waals surface area contributed by atoms with E-state index in [0.29, 0.717) is 12.3 Å². The van der Waals surface area contributed by atoms with E-state index in [9.17, 15) is 5.11 Å². The van der Waals surface area contributed by atoms with Gasteiger partial charge in [0, 0.05) is 17.6 Å². The molecule has 0 aliphatic carbocycles. The van der Waals surface area contributed by atoms with E-state index >= 15 is 0 Å². The molecule has 1 aromatic heterocycles. The molecule has 2 atom stereocenters. The molecule has 0 aromatic carbocycles. The van der Waals surface area contributed by atoms with E-state index in [0.717, 1.165) is 22.2 Å². The lowest BCUT2D eigenvalue weighted by Gasteiger charge is -2.25. The lowest BCUT2D eigenvalue weighted by Crippen LogP contribution is -2.37.